The maximum atomic E-state index is 6.16. The topological polar surface area (TPSA) is 69.9 Å². The summed E-state index contributed by atoms with van der Waals surface area (Å²) < 4.78 is 6.86. The zero-order valence-corrected chi connectivity index (χ0v) is 15.3. The van der Waals surface area contributed by atoms with E-state index in [2.05, 4.69) is 41.4 Å². The van der Waals surface area contributed by atoms with Gasteiger partial charge in [-0.25, -0.2) is 4.68 Å². The van der Waals surface area contributed by atoms with Crippen molar-refractivity contribution in [3.05, 3.63) is 48.4 Å². The summed E-state index contributed by atoms with van der Waals surface area (Å²) in [7, 11) is 0. The van der Waals surface area contributed by atoms with Crippen molar-refractivity contribution in [2.24, 2.45) is 0 Å². The van der Waals surface area contributed by atoms with E-state index in [1.807, 2.05) is 30.8 Å². The SMILES string of the molecule is Cc1occc1-c1nnc(S[C@H](C)CCSc2ccccc2)n1N. The minimum Gasteiger partial charge on any atom is -0.469 e. The number of hydrogen-bond donors (Lipinski definition) is 1. The lowest BCUT2D eigenvalue weighted by molar-refractivity contribution is 0.535. The molecular formula is C17H20N4OS2. The summed E-state index contributed by atoms with van der Waals surface area (Å²) in [6.07, 6.45) is 2.70. The fraction of sp³-hybridized carbons (Fsp3) is 0.294. The Bertz CT molecular complexity index is 785. The predicted octanol–water partition coefficient (Wildman–Crippen LogP) is 4.22. The van der Waals surface area contributed by atoms with Gasteiger partial charge in [0.25, 0.3) is 0 Å². The van der Waals surface area contributed by atoms with Crippen LogP contribution in [0.25, 0.3) is 11.4 Å². The number of aryl methyl sites for hydroxylation is 1. The van der Waals surface area contributed by atoms with Crippen LogP contribution in [-0.2, 0) is 0 Å². The lowest BCUT2D eigenvalue weighted by Gasteiger charge is -2.10. The monoisotopic (exact) mass is 360 g/mol. The number of benzene rings is 1. The molecule has 3 rings (SSSR count). The van der Waals surface area contributed by atoms with Gasteiger partial charge in [0, 0.05) is 10.1 Å². The summed E-state index contributed by atoms with van der Waals surface area (Å²) in [4.78, 5) is 1.30. The summed E-state index contributed by atoms with van der Waals surface area (Å²) in [6.45, 7) is 4.08. The van der Waals surface area contributed by atoms with Gasteiger partial charge in [0.2, 0.25) is 5.16 Å². The molecule has 1 atom stereocenters. The maximum Gasteiger partial charge on any atom is 0.210 e. The van der Waals surface area contributed by atoms with Crippen molar-refractivity contribution in [2.75, 3.05) is 11.6 Å². The molecule has 1 aromatic carbocycles. The Kier molecular flexibility index (Phi) is 5.52. The predicted molar refractivity (Wildman–Crippen MR) is 99.7 cm³/mol. The van der Waals surface area contributed by atoms with E-state index in [1.54, 1.807) is 22.7 Å². The fourth-order valence-electron chi connectivity index (χ4n) is 2.26. The number of furan rings is 1. The van der Waals surface area contributed by atoms with Crippen LogP contribution in [0.3, 0.4) is 0 Å². The number of aromatic nitrogens is 3. The van der Waals surface area contributed by atoms with Crippen molar-refractivity contribution in [2.45, 2.75) is 35.6 Å². The first kappa shape index (κ1) is 17.0. The Morgan fingerprint density at radius 2 is 2.00 bits per heavy atom. The first-order chi connectivity index (χ1) is 11.6. The van der Waals surface area contributed by atoms with E-state index in [9.17, 15) is 0 Å². The third-order valence-corrected chi connectivity index (χ3v) is 5.78. The van der Waals surface area contributed by atoms with E-state index < -0.39 is 0 Å². The third kappa shape index (κ3) is 3.96. The molecule has 0 saturated carbocycles. The summed E-state index contributed by atoms with van der Waals surface area (Å²) in [5.41, 5.74) is 0.879. The van der Waals surface area contributed by atoms with Gasteiger partial charge in [-0.15, -0.1) is 22.0 Å². The molecule has 0 spiro atoms. The van der Waals surface area contributed by atoms with Crippen LogP contribution in [0.1, 0.15) is 19.1 Å². The molecule has 2 N–H and O–H groups in total. The summed E-state index contributed by atoms with van der Waals surface area (Å²) >= 11 is 3.52. The molecule has 0 aliphatic rings. The number of hydrogen-bond acceptors (Lipinski definition) is 6. The summed E-state index contributed by atoms with van der Waals surface area (Å²) in [6, 6.07) is 12.3. The van der Waals surface area contributed by atoms with E-state index in [1.165, 1.54) is 4.90 Å². The van der Waals surface area contributed by atoms with Crippen molar-refractivity contribution in [3.8, 4) is 11.4 Å². The molecule has 0 saturated heterocycles. The molecule has 24 heavy (non-hydrogen) atoms. The van der Waals surface area contributed by atoms with Gasteiger partial charge >= 0.3 is 0 Å². The highest BCUT2D eigenvalue weighted by Gasteiger charge is 2.17. The van der Waals surface area contributed by atoms with Gasteiger partial charge in [-0.3, -0.25) is 0 Å². The molecule has 0 fully saturated rings. The Balaban J connectivity index is 1.56. The molecule has 2 aromatic heterocycles. The zero-order valence-electron chi connectivity index (χ0n) is 13.7. The van der Waals surface area contributed by atoms with Crippen molar-refractivity contribution in [1.82, 2.24) is 14.9 Å². The van der Waals surface area contributed by atoms with Gasteiger partial charge < -0.3 is 10.3 Å². The van der Waals surface area contributed by atoms with Crippen LogP contribution in [-0.4, -0.2) is 25.9 Å². The van der Waals surface area contributed by atoms with Crippen LogP contribution >= 0.6 is 23.5 Å². The van der Waals surface area contributed by atoms with Crippen LogP contribution in [0.5, 0.6) is 0 Å². The number of thioether (sulfide) groups is 2. The molecule has 0 unspecified atom stereocenters. The largest absolute Gasteiger partial charge is 0.469 e. The molecule has 2 heterocycles. The minimum atomic E-state index is 0.408. The van der Waals surface area contributed by atoms with Gasteiger partial charge in [0.1, 0.15) is 5.76 Å². The van der Waals surface area contributed by atoms with Crippen molar-refractivity contribution in [3.63, 3.8) is 0 Å². The molecule has 3 aromatic rings. The van der Waals surface area contributed by atoms with Crippen LogP contribution < -0.4 is 5.84 Å². The van der Waals surface area contributed by atoms with Crippen LogP contribution in [0.2, 0.25) is 0 Å². The number of nitrogens with two attached hydrogens (primary N) is 1. The molecule has 0 bridgehead atoms. The van der Waals surface area contributed by atoms with Gasteiger partial charge in [0.15, 0.2) is 5.82 Å². The molecule has 7 heteroatoms. The zero-order chi connectivity index (χ0) is 16.9. The highest BCUT2D eigenvalue weighted by atomic mass is 32.2. The molecule has 0 aliphatic heterocycles. The number of nitrogens with zero attached hydrogens (tertiary/aromatic N) is 3. The molecular weight excluding hydrogens is 340 g/mol. The van der Waals surface area contributed by atoms with Crippen molar-refractivity contribution in [1.29, 1.82) is 0 Å². The molecule has 126 valence electrons. The van der Waals surface area contributed by atoms with E-state index >= 15 is 0 Å². The van der Waals surface area contributed by atoms with Gasteiger partial charge in [-0.05, 0) is 37.3 Å². The van der Waals surface area contributed by atoms with Crippen LogP contribution in [0, 0.1) is 6.92 Å². The second-order valence-corrected chi connectivity index (χ2v) is 8.02. The lowest BCUT2D eigenvalue weighted by atomic mass is 10.2. The molecule has 0 amide bonds. The quantitative estimate of drug-likeness (QED) is 0.502. The third-order valence-electron chi connectivity index (χ3n) is 3.61. The lowest BCUT2D eigenvalue weighted by Crippen LogP contribution is -2.13. The maximum absolute atomic E-state index is 6.16. The molecule has 5 nitrogen and oxygen atoms in total. The average molecular weight is 361 g/mol. The van der Waals surface area contributed by atoms with Crippen molar-refractivity contribution >= 4 is 23.5 Å². The molecule has 0 aliphatic carbocycles. The standard InChI is InChI=1S/C17H20N4OS2/c1-12(9-11-23-14-6-4-3-5-7-14)24-17-20-19-16(21(17)18)15-8-10-22-13(15)2/h3-8,10,12H,9,11,18H2,1-2H3/t12-/m1/s1. The Hall–Kier alpha value is -1.86. The minimum absolute atomic E-state index is 0.408. The first-order valence-electron chi connectivity index (χ1n) is 7.74. The van der Waals surface area contributed by atoms with Gasteiger partial charge in [-0.2, -0.15) is 0 Å². The second kappa shape index (κ2) is 7.81. The Morgan fingerprint density at radius 1 is 1.21 bits per heavy atom. The average Bonchev–Trinajstić information content (AvgIpc) is 3.15. The van der Waals surface area contributed by atoms with E-state index in [-0.39, 0.29) is 0 Å². The Labute approximate surface area is 150 Å². The fourth-order valence-corrected chi connectivity index (χ4v) is 4.35. The first-order valence-corrected chi connectivity index (χ1v) is 9.61. The van der Waals surface area contributed by atoms with E-state index in [0.29, 0.717) is 11.1 Å². The second-order valence-electron chi connectivity index (χ2n) is 5.45. The van der Waals surface area contributed by atoms with E-state index in [0.717, 1.165) is 28.7 Å². The van der Waals surface area contributed by atoms with Crippen LogP contribution in [0.15, 0.2) is 57.1 Å². The van der Waals surface area contributed by atoms with Crippen molar-refractivity contribution < 1.29 is 4.42 Å². The Morgan fingerprint density at radius 3 is 2.71 bits per heavy atom. The highest BCUT2D eigenvalue weighted by Crippen LogP contribution is 2.29. The van der Waals surface area contributed by atoms with E-state index in [4.69, 9.17) is 10.3 Å². The highest BCUT2D eigenvalue weighted by molar-refractivity contribution is 8.00. The normalized spacial score (nSPS) is 12.4. The molecule has 0 radical (unpaired) electrons. The number of rotatable bonds is 7. The van der Waals surface area contributed by atoms with Gasteiger partial charge in [-0.1, -0.05) is 36.9 Å². The summed E-state index contributed by atoms with van der Waals surface area (Å²) in [5.74, 6) is 8.64. The summed E-state index contributed by atoms with van der Waals surface area (Å²) in [5, 5.41) is 9.56. The van der Waals surface area contributed by atoms with Crippen LogP contribution in [0.4, 0.5) is 0 Å². The van der Waals surface area contributed by atoms with Gasteiger partial charge in [0.05, 0.1) is 11.8 Å². The smallest absolute Gasteiger partial charge is 0.210 e. The number of nitrogen functional groups attached to an aromatic ring is 1.